The molecule has 104 valence electrons. The molecule has 0 fully saturated rings. The minimum Gasteiger partial charge on any atom is -0.475 e. The molecule has 0 aliphatic carbocycles. The maximum absolute atomic E-state index is 11.3. The minimum atomic E-state index is -1.21. The highest BCUT2D eigenvalue weighted by Crippen LogP contribution is 2.34. The Labute approximate surface area is 117 Å². The summed E-state index contributed by atoms with van der Waals surface area (Å²) in [6.45, 7) is 0. The van der Waals surface area contributed by atoms with Crippen LogP contribution in [0.3, 0.4) is 0 Å². The molecule has 0 radical (unpaired) electrons. The molecule has 3 rings (SSSR count). The lowest BCUT2D eigenvalue weighted by atomic mass is 10.0. The molecule has 7 heteroatoms. The van der Waals surface area contributed by atoms with E-state index < -0.39 is 10.9 Å². The van der Waals surface area contributed by atoms with Crippen LogP contribution in [-0.4, -0.2) is 21.0 Å². The lowest BCUT2D eigenvalue weighted by Crippen LogP contribution is -1.97. The predicted octanol–water partition coefficient (Wildman–Crippen LogP) is 3.10. The van der Waals surface area contributed by atoms with Gasteiger partial charge in [-0.25, -0.2) is 4.79 Å². The number of hydrogen-bond donors (Lipinski definition) is 1. The maximum Gasteiger partial charge on any atom is 0.372 e. The molecule has 0 amide bonds. The van der Waals surface area contributed by atoms with Crippen LogP contribution in [0.5, 0.6) is 0 Å². The standard InChI is InChI=1S/C14H8N2O5/c17-14(18)13-12(9-3-1-2-4-10(9)21-13)8-5-6-11(15-7-8)16(19)20/h1-7H,(H,17,18). The van der Waals surface area contributed by atoms with Crippen molar-refractivity contribution < 1.29 is 19.2 Å². The van der Waals surface area contributed by atoms with Gasteiger partial charge in [0.1, 0.15) is 11.8 Å². The molecule has 1 aromatic carbocycles. The number of nitrogens with zero attached hydrogens (tertiary/aromatic N) is 2. The number of rotatable bonds is 3. The van der Waals surface area contributed by atoms with Crippen molar-refractivity contribution in [2.75, 3.05) is 0 Å². The maximum atomic E-state index is 11.3. The van der Waals surface area contributed by atoms with Crippen LogP contribution >= 0.6 is 0 Å². The van der Waals surface area contributed by atoms with Crippen LogP contribution in [0, 0.1) is 10.1 Å². The molecule has 0 atom stereocenters. The molecule has 2 aromatic heterocycles. The largest absolute Gasteiger partial charge is 0.475 e. The molecule has 2 heterocycles. The first-order valence-electron chi connectivity index (χ1n) is 5.93. The number of nitro groups is 1. The zero-order valence-electron chi connectivity index (χ0n) is 10.5. The number of fused-ring (bicyclic) bond motifs is 1. The number of carboxylic acids is 1. The highest BCUT2D eigenvalue weighted by molar-refractivity contribution is 6.05. The van der Waals surface area contributed by atoms with Crippen LogP contribution in [-0.2, 0) is 0 Å². The molecular weight excluding hydrogens is 276 g/mol. The van der Waals surface area contributed by atoms with E-state index in [0.29, 0.717) is 22.1 Å². The number of benzene rings is 1. The topological polar surface area (TPSA) is 106 Å². The van der Waals surface area contributed by atoms with Crippen molar-refractivity contribution in [1.82, 2.24) is 4.98 Å². The lowest BCUT2D eigenvalue weighted by molar-refractivity contribution is -0.389. The number of para-hydroxylation sites is 1. The Morgan fingerprint density at radius 2 is 2.00 bits per heavy atom. The van der Waals surface area contributed by atoms with Gasteiger partial charge in [0.2, 0.25) is 5.76 Å². The fourth-order valence-corrected chi connectivity index (χ4v) is 2.12. The van der Waals surface area contributed by atoms with Crippen molar-refractivity contribution in [3.63, 3.8) is 0 Å². The summed E-state index contributed by atoms with van der Waals surface area (Å²) in [6.07, 6.45) is 1.27. The van der Waals surface area contributed by atoms with Gasteiger partial charge in [-0.2, -0.15) is 0 Å². The normalized spacial score (nSPS) is 10.7. The van der Waals surface area contributed by atoms with E-state index in [0.717, 1.165) is 0 Å². The highest BCUT2D eigenvalue weighted by Gasteiger charge is 2.22. The Balaban J connectivity index is 2.25. The molecule has 0 spiro atoms. The molecule has 0 saturated carbocycles. The molecule has 3 aromatic rings. The van der Waals surface area contributed by atoms with E-state index >= 15 is 0 Å². The number of carbonyl (C=O) groups is 1. The van der Waals surface area contributed by atoms with E-state index in [4.69, 9.17) is 4.42 Å². The van der Waals surface area contributed by atoms with Crippen LogP contribution in [0.15, 0.2) is 47.0 Å². The van der Waals surface area contributed by atoms with Gasteiger partial charge in [-0.15, -0.1) is 0 Å². The van der Waals surface area contributed by atoms with E-state index in [1.54, 1.807) is 24.3 Å². The third-order valence-electron chi connectivity index (χ3n) is 3.01. The molecule has 0 bridgehead atoms. The van der Waals surface area contributed by atoms with Crippen molar-refractivity contribution in [3.8, 4) is 11.1 Å². The quantitative estimate of drug-likeness (QED) is 0.585. The number of pyridine rings is 1. The lowest BCUT2D eigenvalue weighted by Gasteiger charge is -1.98. The van der Waals surface area contributed by atoms with E-state index in [9.17, 15) is 20.0 Å². The SMILES string of the molecule is O=C(O)c1oc2ccccc2c1-c1ccc([N+](=O)[O-])nc1. The number of furan rings is 1. The fourth-order valence-electron chi connectivity index (χ4n) is 2.12. The molecule has 1 N–H and O–H groups in total. The summed E-state index contributed by atoms with van der Waals surface area (Å²) >= 11 is 0. The summed E-state index contributed by atoms with van der Waals surface area (Å²) in [7, 11) is 0. The zero-order chi connectivity index (χ0) is 15.0. The first-order chi connectivity index (χ1) is 10.1. The molecule has 7 nitrogen and oxygen atoms in total. The number of hydrogen-bond acceptors (Lipinski definition) is 5. The van der Waals surface area contributed by atoms with Crippen molar-refractivity contribution in [1.29, 1.82) is 0 Å². The van der Waals surface area contributed by atoms with Gasteiger partial charge in [-0.1, -0.05) is 18.2 Å². The van der Waals surface area contributed by atoms with Crippen LogP contribution < -0.4 is 0 Å². The van der Waals surface area contributed by atoms with Gasteiger partial charge in [0.05, 0.1) is 0 Å². The van der Waals surface area contributed by atoms with E-state index in [2.05, 4.69) is 4.98 Å². The minimum absolute atomic E-state index is 0.216. The van der Waals surface area contributed by atoms with Crippen molar-refractivity contribution >= 4 is 22.8 Å². The number of aromatic nitrogens is 1. The van der Waals surface area contributed by atoms with E-state index in [1.807, 2.05) is 0 Å². The molecule has 0 saturated heterocycles. The summed E-state index contributed by atoms with van der Waals surface area (Å²) in [6, 6.07) is 9.55. The number of carboxylic acid groups (broad SMARTS) is 1. The summed E-state index contributed by atoms with van der Waals surface area (Å²) in [5.41, 5.74) is 1.24. The average Bonchev–Trinajstić information content (AvgIpc) is 2.87. The van der Waals surface area contributed by atoms with Crippen LogP contribution in [0.25, 0.3) is 22.1 Å². The molecule has 0 aliphatic heterocycles. The molecule has 21 heavy (non-hydrogen) atoms. The van der Waals surface area contributed by atoms with Gasteiger partial charge < -0.3 is 19.6 Å². The summed E-state index contributed by atoms with van der Waals surface area (Å²) in [5.74, 6) is -1.73. The van der Waals surface area contributed by atoms with Gasteiger partial charge in [0, 0.05) is 22.6 Å². The van der Waals surface area contributed by atoms with Gasteiger partial charge in [0.15, 0.2) is 0 Å². The summed E-state index contributed by atoms with van der Waals surface area (Å²) < 4.78 is 5.33. The fraction of sp³-hybridized carbons (Fsp3) is 0. The Hall–Kier alpha value is -3.22. The zero-order valence-corrected chi connectivity index (χ0v) is 10.5. The second kappa shape index (κ2) is 4.71. The monoisotopic (exact) mass is 284 g/mol. The highest BCUT2D eigenvalue weighted by atomic mass is 16.6. The summed E-state index contributed by atoms with van der Waals surface area (Å²) in [4.78, 5) is 25.0. The second-order valence-electron chi connectivity index (χ2n) is 4.27. The Morgan fingerprint density at radius 3 is 2.62 bits per heavy atom. The Kier molecular flexibility index (Phi) is 2.87. The first kappa shape index (κ1) is 12.8. The second-order valence-corrected chi connectivity index (χ2v) is 4.27. The third kappa shape index (κ3) is 2.10. The smallest absolute Gasteiger partial charge is 0.372 e. The molecule has 0 aliphatic rings. The van der Waals surface area contributed by atoms with Crippen LogP contribution in [0.1, 0.15) is 10.6 Å². The van der Waals surface area contributed by atoms with Crippen molar-refractivity contribution in [3.05, 3.63) is 58.5 Å². The predicted molar refractivity (Wildman–Crippen MR) is 73.1 cm³/mol. The van der Waals surface area contributed by atoms with Crippen molar-refractivity contribution in [2.24, 2.45) is 0 Å². The number of aromatic carboxylic acids is 1. The van der Waals surface area contributed by atoms with Crippen molar-refractivity contribution in [2.45, 2.75) is 0 Å². The van der Waals surface area contributed by atoms with Gasteiger partial charge in [-0.05, 0) is 22.0 Å². The molecular formula is C14H8N2O5. The van der Waals surface area contributed by atoms with E-state index in [1.165, 1.54) is 18.3 Å². The van der Waals surface area contributed by atoms with Gasteiger partial charge in [0.25, 0.3) is 0 Å². The van der Waals surface area contributed by atoms with Gasteiger partial charge in [-0.3, -0.25) is 0 Å². The van der Waals surface area contributed by atoms with Crippen LogP contribution in [0.2, 0.25) is 0 Å². The van der Waals surface area contributed by atoms with Crippen LogP contribution in [0.4, 0.5) is 5.82 Å². The third-order valence-corrected chi connectivity index (χ3v) is 3.01. The molecule has 0 unspecified atom stereocenters. The average molecular weight is 284 g/mol. The first-order valence-corrected chi connectivity index (χ1v) is 5.93. The Morgan fingerprint density at radius 1 is 1.24 bits per heavy atom. The summed E-state index contributed by atoms with van der Waals surface area (Å²) in [5, 5.41) is 20.5. The van der Waals surface area contributed by atoms with Gasteiger partial charge >= 0.3 is 11.8 Å². The Bertz CT molecular complexity index is 851. The van der Waals surface area contributed by atoms with E-state index in [-0.39, 0.29) is 11.6 Å².